The number of ether oxygens (including phenoxy) is 5. The molecular weight excluding hydrogens is 584 g/mol. The fourth-order valence-corrected chi connectivity index (χ4v) is 4.64. The van der Waals surface area contributed by atoms with Crippen LogP contribution in [0, 0.1) is 0 Å². The topological polar surface area (TPSA) is 225 Å². The van der Waals surface area contributed by atoms with Crippen molar-refractivity contribution in [3.63, 3.8) is 0 Å². The Labute approximate surface area is 252 Å². The minimum absolute atomic E-state index is 0.0380. The first-order valence-electron chi connectivity index (χ1n) is 13.8. The number of carbonyl (C=O) groups is 1. The number of phenols is 2. The summed E-state index contributed by atoms with van der Waals surface area (Å²) in [4.78, 5) is 12.7. The minimum Gasteiger partial charge on any atom is -0.508 e. The standard InChI is InChI=1S/C30H36O14/c31-14-20-23(36)24(37)25(38)29(41-20)44-28-26(39)27(43-22(35)12-7-17-5-10-19(34)11-6-17)21(15-32)42-30(28)40-13-1-2-16-3-8-18(33)9-4-16/h1-12,20-21,23-34,36-39H,13-15H2. The first-order valence-corrected chi connectivity index (χ1v) is 13.8. The van der Waals surface area contributed by atoms with Crippen LogP contribution in [0.4, 0.5) is 0 Å². The number of benzene rings is 2. The van der Waals surface area contributed by atoms with Crippen molar-refractivity contribution in [3.8, 4) is 11.5 Å². The van der Waals surface area contributed by atoms with E-state index in [2.05, 4.69) is 0 Å². The Hall–Kier alpha value is -3.41. The lowest BCUT2D eigenvalue weighted by Crippen LogP contribution is -2.65. The maximum atomic E-state index is 12.7. The molecule has 240 valence electrons. The van der Waals surface area contributed by atoms with Crippen LogP contribution in [0.2, 0.25) is 0 Å². The molecule has 0 saturated carbocycles. The molecule has 14 nitrogen and oxygen atoms in total. The van der Waals surface area contributed by atoms with E-state index in [0.29, 0.717) is 5.56 Å². The van der Waals surface area contributed by atoms with E-state index < -0.39 is 80.6 Å². The first kappa shape index (κ1) is 33.5. The fourth-order valence-electron chi connectivity index (χ4n) is 4.64. The van der Waals surface area contributed by atoms with E-state index >= 15 is 0 Å². The Balaban J connectivity index is 1.51. The van der Waals surface area contributed by atoms with Gasteiger partial charge in [0.05, 0.1) is 19.8 Å². The average molecular weight is 621 g/mol. The van der Waals surface area contributed by atoms with Gasteiger partial charge in [-0.1, -0.05) is 36.4 Å². The Kier molecular flexibility index (Phi) is 11.8. The normalized spacial score (nSPS) is 32.7. The van der Waals surface area contributed by atoms with Gasteiger partial charge in [0.25, 0.3) is 0 Å². The van der Waals surface area contributed by atoms with Crippen molar-refractivity contribution in [2.75, 3.05) is 19.8 Å². The highest BCUT2D eigenvalue weighted by atomic mass is 16.8. The molecule has 2 aromatic rings. The van der Waals surface area contributed by atoms with Crippen molar-refractivity contribution in [1.29, 1.82) is 0 Å². The monoisotopic (exact) mass is 620 g/mol. The molecule has 4 rings (SSSR count). The maximum absolute atomic E-state index is 12.7. The molecule has 2 saturated heterocycles. The van der Waals surface area contributed by atoms with Crippen molar-refractivity contribution in [2.45, 2.75) is 61.4 Å². The zero-order valence-electron chi connectivity index (χ0n) is 23.4. The third kappa shape index (κ3) is 8.40. The third-order valence-corrected chi connectivity index (χ3v) is 7.05. The minimum atomic E-state index is -1.82. The van der Waals surface area contributed by atoms with Gasteiger partial charge in [-0.2, -0.15) is 0 Å². The van der Waals surface area contributed by atoms with Crippen LogP contribution < -0.4 is 0 Å². The number of aliphatic hydroxyl groups is 6. The Morgan fingerprint density at radius 3 is 1.86 bits per heavy atom. The molecule has 10 atom stereocenters. The van der Waals surface area contributed by atoms with Gasteiger partial charge in [0.15, 0.2) is 18.7 Å². The van der Waals surface area contributed by atoms with E-state index in [1.807, 2.05) is 0 Å². The van der Waals surface area contributed by atoms with E-state index in [-0.39, 0.29) is 18.1 Å². The number of hydrogen-bond donors (Lipinski definition) is 8. The molecule has 0 spiro atoms. The molecule has 0 amide bonds. The lowest BCUT2D eigenvalue weighted by Gasteiger charge is -2.46. The number of carbonyl (C=O) groups excluding carboxylic acids is 1. The maximum Gasteiger partial charge on any atom is 0.331 e. The van der Waals surface area contributed by atoms with E-state index in [1.165, 1.54) is 30.3 Å². The number of esters is 1. The van der Waals surface area contributed by atoms with Gasteiger partial charge in [-0.3, -0.25) is 0 Å². The van der Waals surface area contributed by atoms with Gasteiger partial charge in [-0.05, 0) is 41.5 Å². The first-order chi connectivity index (χ1) is 21.1. The fraction of sp³-hybridized carbons (Fsp3) is 0.433. The number of aliphatic hydroxyl groups excluding tert-OH is 6. The van der Waals surface area contributed by atoms with Gasteiger partial charge in [-0.15, -0.1) is 0 Å². The summed E-state index contributed by atoms with van der Waals surface area (Å²) in [5.74, 6) is -0.777. The summed E-state index contributed by atoms with van der Waals surface area (Å²) in [5, 5.41) is 80.6. The van der Waals surface area contributed by atoms with Crippen LogP contribution >= 0.6 is 0 Å². The predicted octanol–water partition coefficient (Wildman–Crippen LogP) is -0.984. The van der Waals surface area contributed by atoms with Crippen LogP contribution in [-0.2, 0) is 28.5 Å². The Bertz CT molecular complexity index is 1250. The summed E-state index contributed by atoms with van der Waals surface area (Å²) in [7, 11) is 0. The zero-order chi connectivity index (χ0) is 31.8. The lowest BCUT2D eigenvalue weighted by molar-refractivity contribution is -0.366. The van der Waals surface area contributed by atoms with Crippen LogP contribution in [0.25, 0.3) is 12.2 Å². The molecule has 2 fully saturated rings. The van der Waals surface area contributed by atoms with Crippen molar-refractivity contribution < 1.29 is 69.3 Å². The summed E-state index contributed by atoms with van der Waals surface area (Å²) in [6.07, 6.45) is -9.99. The molecule has 0 bridgehead atoms. The van der Waals surface area contributed by atoms with Gasteiger partial charge in [0.1, 0.15) is 54.2 Å². The zero-order valence-corrected chi connectivity index (χ0v) is 23.4. The van der Waals surface area contributed by atoms with Crippen molar-refractivity contribution in [3.05, 3.63) is 71.8 Å². The molecule has 0 aromatic heterocycles. The van der Waals surface area contributed by atoms with Crippen LogP contribution in [-0.4, -0.2) is 128 Å². The lowest BCUT2D eigenvalue weighted by atomic mass is 9.97. The molecule has 2 aliphatic heterocycles. The summed E-state index contributed by atoms with van der Waals surface area (Å²) in [6, 6.07) is 12.3. The summed E-state index contributed by atoms with van der Waals surface area (Å²) in [5.41, 5.74) is 1.31. The van der Waals surface area contributed by atoms with Gasteiger partial charge < -0.3 is 64.5 Å². The Morgan fingerprint density at radius 2 is 1.27 bits per heavy atom. The number of phenolic OH excluding ortho intramolecular Hbond substituents is 2. The molecule has 10 unspecified atom stereocenters. The van der Waals surface area contributed by atoms with Gasteiger partial charge in [0, 0.05) is 6.08 Å². The Morgan fingerprint density at radius 1 is 0.705 bits per heavy atom. The summed E-state index contributed by atoms with van der Waals surface area (Å²) in [6.45, 7) is -1.53. The molecule has 8 N–H and O–H groups in total. The van der Waals surface area contributed by atoms with Crippen LogP contribution in [0.15, 0.2) is 60.7 Å². The third-order valence-electron chi connectivity index (χ3n) is 7.05. The van der Waals surface area contributed by atoms with Crippen LogP contribution in [0.3, 0.4) is 0 Å². The van der Waals surface area contributed by atoms with Gasteiger partial charge in [0.2, 0.25) is 0 Å². The molecule has 14 heteroatoms. The molecule has 44 heavy (non-hydrogen) atoms. The molecule has 0 aliphatic carbocycles. The van der Waals surface area contributed by atoms with E-state index in [1.54, 1.807) is 36.4 Å². The SMILES string of the molecule is O=C(C=Cc1ccc(O)cc1)OC1C(CO)OC(OCC=Cc2ccc(O)cc2)C(OC2OC(CO)C(O)C(O)C2O)C1O. The summed E-state index contributed by atoms with van der Waals surface area (Å²) >= 11 is 0. The van der Waals surface area contributed by atoms with E-state index in [9.17, 15) is 45.6 Å². The molecule has 0 radical (unpaired) electrons. The number of hydrogen-bond acceptors (Lipinski definition) is 14. The summed E-state index contributed by atoms with van der Waals surface area (Å²) < 4.78 is 28.2. The molecular formula is C30H36O14. The van der Waals surface area contributed by atoms with E-state index in [0.717, 1.165) is 11.6 Å². The van der Waals surface area contributed by atoms with Gasteiger partial charge >= 0.3 is 5.97 Å². The molecule has 2 aromatic carbocycles. The highest BCUT2D eigenvalue weighted by Crippen LogP contribution is 2.31. The highest BCUT2D eigenvalue weighted by molar-refractivity contribution is 5.87. The van der Waals surface area contributed by atoms with Crippen molar-refractivity contribution in [2.24, 2.45) is 0 Å². The predicted molar refractivity (Wildman–Crippen MR) is 151 cm³/mol. The second-order valence-corrected chi connectivity index (χ2v) is 10.2. The quantitative estimate of drug-likeness (QED) is 0.112. The second-order valence-electron chi connectivity index (χ2n) is 10.2. The van der Waals surface area contributed by atoms with Crippen LogP contribution in [0.1, 0.15) is 11.1 Å². The van der Waals surface area contributed by atoms with E-state index in [4.69, 9.17) is 23.7 Å². The van der Waals surface area contributed by atoms with Crippen LogP contribution in [0.5, 0.6) is 11.5 Å². The van der Waals surface area contributed by atoms with Crippen molar-refractivity contribution in [1.82, 2.24) is 0 Å². The second kappa shape index (κ2) is 15.5. The molecule has 2 heterocycles. The van der Waals surface area contributed by atoms with Gasteiger partial charge in [-0.25, -0.2) is 4.79 Å². The largest absolute Gasteiger partial charge is 0.508 e. The van der Waals surface area contributed by atoms with Crippen molar-refractivity contribution >= 4 is 18.1 Å². The average Bonchev–Trinajstić information content (AvgIpc) is 3.02. The smallest absolute Gasteiger partial charge is 0.331 e. The molecule has 2 aliphatic rings. The highest BCUT2D eigenvalue weighted by Gasteiger charge is 2.52. The number of rotatable bonds is 11. The number of aromatic hydroxyl groups is 2.